The summed E-state index contributed by atoms with van der Waals surface area (Å²) in [6, 6.07) is 21.9. The first-order valence-corrected chi connectivity index (χ1v) is 12.8. The van der Waals surface area contributed by atoms with E-state index in [0.29, 0.717) is 24.1 Å². The first-order chi connectivity index (χ1) is 16.7. The van der Waals surface area contributed by atoms with Gasteiger partial charge in [-0.3, -0.25) is 4.79 Å². The van der Waals surface area contributed by atoms with E-state index >= 15 is 0 Å². The van der Waals surface area contributed by atoms with Crippen molar-refractivity contribution in [2.75, 3.05) is 5.73 Å². The van der Waals surface area contributed by atoms with Crippen molar-refractivity contribution in [1.82, 2.24) is 4.98 Å². The average molecular weight is 451 g/mol. The summed E-state index contributed by atoms with van der Waals surface area (Å²) < 4.78 is 0. The van der Waals surface area contributed by atoms with Gasteiger partial charge in [0, 0.05) is 12.6 Å². The van der Waals surface area contributed by atoms with Gasteiger partial charge in [-0.15, -0.1) is 0 Å². The number of rotatable bonds is 7. The third-order valence-electron chi connectivity index (χ3n) is 7.65. The average Bonchev–Trinajstić information content (AvgIpc) is 2.81. The Hall–Kier alpha value is -3.20. The van der Waals surface area contributed by atoms with Crippen LogP contribution >= 0.6 is 0 Å². The third kappa shape index (κ3) is 4.99. The van der Waals surface area contributed by atoms with Crippen molar-refractivity contribution in [1.29, 1.82) is 0 Å². The fourth-order valence-electron chi connectivity index (χ4n) is 5.66. The van der Waals surface area contributed by atoms with Gasteiger partial charge in [-0.25, -0.2) is 4.98 Å². The number of unbranched alkanes of at least 4 members (excludes halogenated alkanes) is 1. The maximum Gasteiger partial charge on any atom is 0.156 e. The number of nitrogens with two attached hydrogens (primary N) is 1. The highest BCUT2D eigenvalue weighted by molar-refractivity contribution is 5.98. The lowest BCUT2D eigenvalue weighted by Gasteiger charge is -2.40. The topological polar surface area (TPSA) is 56.0 Å². The van der Waals surface area contributed by atoms with Gasteiger partial charge in [0.25, 0.3) is 0 Å². The summed E-state index contributed by atoms with van der Waals surface area (Å²) in [5.41, 5.74) is 13.9. The number of fused-ring (bicyclic) bond motifs is 1. The highest BCUT2D eigenvalue weighted by atomic mass is 16.1. The first-order valence-electron chi connectivity index (χ1n) is 12.8. The molecular formula is C31H34N2O. The zero-order valence-corrected chi connectivity index (χ0v) is 19.9. The number of carbonyl (C=O) groups excluding carboxylic acids is 1. The molecule has 2 aromatic carbocycles. The number of nitrogens with zero attached hydrogens (tertiary/aromatic N) is 1. The highest BCUT2D eigenvalue weighted by Crippen LogP contribution is 2.50. The van der Waals surface area contributed by atoms with Crippen molar-refractivity contribution in [2.24, 2.45) is 5.92 Å². The molecule has 2 atom stereocenters. The van der Waals surface area contributed by atoms with Crippen LogP contribution in [0.1, 0.15) is 72.3 Å². The summed E-state index contributed by atoms with van der Waals surface area (Å²) in [5.74, 6) is 1.89. The molecule has 3 heteroatoms. The highest BCUT2D eigenvalue weighted by Gasteiger charge is 2.36. The lowest BCUT2D eigenvalue weighted by atomic mass is 9.64. The van der Waals surface area contributed by atoms with E-state index in [0.717, 1.165) is 50.5 Å². The molecule has 1 aromatic heterocycles. The van der Waals surface area contributed by atoms with Crippen LogP contribution in [0.3, 0.4) is 0 Å². The minimum atomic E-state index is 0.290. The van der Waals surface area contributed by atoms with E-state index in [9.17, 15) is 4.79 Å². The van der Waals surface area contributed by atoms with E-state index < -0.39 is 0 Å². The monoisotopic (exact) mass is 450 g/mol. The Balaban J connectivity index is 1.28. The maximum atomic E-state index is 12.6. The molecule has 0 saturated heterocycles. The summed E-state index contributed by atoms with van der Waals surface area (Å²) in [6.07, 6.45) is 13.0. The molecule has 2 N–H and O–H groups in total. The number of aryl methyl sites for hydroxylation is 3. The van der Waals surface area contributed by atoms with E-state index in [1.54, 1.807) is 6.20 Å². The van der Waals surface area contributed by atoms with Gasteiger partial charge >= 0.3 is 0 Å². The van der Waals surface area contributed by atoms with E-state index in [2.05, 4.69) is 59.6 Å². The Morgan fingerprint density at radius 2 is 1.74 bits per heavy atom. The second kappa shape index (κ2) is 10.4. The third-order valence-corrected chi connectivity index (χ3v) is 7.65. The molecule has 0 bridgehead atoms. The molecule has 3 aromatic rings. The summed E-state index contributed by atoms with van der Waals surface area (Å²) in [5, 5.41) is 0. The van der Waals surface area contributed by atoms with Gasteiger partial charge in [0.05, 0.1) is 0 Å². The largest absolute Gasteiger partial charge is 0.383 e. The Bertz CT molecular complexity index is 1200. The Labute approximate surface area is 203 Å². The van der Waals surface area contributed by atoms with Crippen molar-refractivity contribution >= 4 is 17.2 Å². The normalized spacial score (nSPS) is 20.0. The van der Waals surface area contributed by atoms with E-state index in [1.165, 1.54) is 34.2 Å². The quantitative estimate of drug-likeness (QED) is 0.407. The molecule has 1 fully saturated rings. The molecule has 174 valence electrons. The van der Waals surface area contributed by atoms with Crippen LogP contribution in [0.15, 0.2) is 72.9 Å². The number of hydrogen-bond donors (Lipinski definition) is 1. The van der Waals surface area contributed by atoms with Gasteiger partial charge < -0.3 is 5.73 Å². The summed E-state index contributed by atoms with van der Waals surface area (Å²) >= 11 is 0. The van der Waals surface area contributed by atoms with Gasteiger partial charge in [-0.2, -0.15) is 0 Å². The van der Waals surface area contributed by atoms with Crippen LogP contribution in [-0.4, -0.2) is 10.8 Å². The lowest BCUT2D eigenvalue weighted by molar-refractivity contribution is -0.114. The standard InChI is InChI=1S/C31H34N2O/c32-31-24(14-7-19-33-31)11-2-1-8-22-9-5-13-25(20-22)28-17-18-29(28)30-21-26(34)15-6-12-23-10-3-4-16-27(23)30/h3-5,7,9-10,13-14,16,19-21,28-29H,1-2,6,8,11-12,15,17-18H2,(H2,32,33). The fourth-order valence-corrected chi connectivity index (χ4v) is 5.66. The summed E-state index contributed by atoms with van der Waals surface area (Å²) in [6.45, 7) is 0. The molecule has 1 saturated carbocycles. The van der Waals surface area contributed by atoms with Crippen LogP contribution in [0.2, 0.25) is 0 Å². The van der Waals surface area contributed by atoms with Crippen molar-refractivity contribution in [2.45, 2.75) is 63.7 Å². The maximum absolute atomic E-state index is 12.6. The van der Waals surface area contributed by atoms with Crippen LogP contribution < -0.4 is 5.73 Å². The predicted octanol–water partition coefficient (Wildman–Crippen LogP) is 6.71. The van der Waals surface area contributed by atoms with Crippen molar-refractivity contribution in [3.8, 4) is 0 Å². The summed E-state index contributed by atoms with van der Waals surface area (Å²) in [7, 11) is 0. The van der Waals surface area contributed by atoms with Gasteiger partial charge in [-0.1, -0.05) is 54.6 Å². The molecule has 0 amide bonds. The number of ketones is 1. The number of nitrogen functional groups attached to an aromatic ring is 1. The molecule has 34 heavy (non-hydrogen) atoms. The molecule has 2 unspecified atom stereocenters. The van der Waals surface area contributed by atoms with Gasteiger partial charge in [0.15, 0.2) is 5.78 Å². The molecular weight excluding hydrogens is 416 g/mol. The number of allylic oxidation sites excluding steroid dienone is 2. The van der Waals surface area contributed by atoms with Crippen LogP contribution in [0.25, 0.3) is 5.57 Å². The fraction of sp³-hybridized carbons (Fsp3) is 0.355. The molecule has 0 aliphatic heterocycles. The first kappa shape index (κ1) is 22.6. The number of anilines is 1. The zero-order chi connectivity index (χ0) is 23.3. The smallest absolute Gasteiger partial charge is 0.156 e. The molecule has 2 aliphatic carbocycles. The van der Waals surface area contributed by atoms with Crippen LogP contribution in [0, 0.1) is 5.92 Å². The summed E-state index contributed by atoms with van der Waals surface area (Å²) in [4.78, 5) is 16.8. The van der Waals surface area contributed by atoms with Crippen LogP contribution in [-0.2, 0) is 24.1 Å². The Kier molecular flexibility index (Phi) is 6.89. The van der Waals surface area contributed by atoms with E-state index in [4.69, 9.17) is 5.73 Å². The predicted molar refractivity (Wildman–Crippen MR) is 140 cm³/mol. The Morgan fingerprint density at radius 3 is 2.59 bits per heavy atom. The number of hydrogen-bond acceptors (Lipinski definition) is 3. The molecule has 2 aliphatic rings. The van der Waals surface area contributed by atoms with Crippen molar-refractivity contribution in [3.63, 3.8) is 0 Å². The zero-order valence-electron chi connectivity index (χ0n) is 19.9. The number of pyridine rings is 1. The van der Waals surface area contributed by atoms with Crippen LogP contribution in [0.4, 0.5) is 5.82 Å². The van der Waals surface area contributed by atoms with E-state index in [-0.39, 0.29) is 5.78 Å². The number of aromatic nitrogens is 1. The minimum Gasteiger partial charge on any atom is -0.383 e. The van der Waals surface area contributed by atoms with Crippen LogP contribution in [0.5, 0.6) is 0 Å². The molecule has 1 heterocycles. The SMILES string of the molecule is Nc1ncccc1CCCCc1cccc(C2CCC2C2=CC(=O)CCCc3ccccc32)c1. The second-order valence-electron chi connectivity index (χ2n) is 9.87. The lowest BCUT2D eigenvalue weighted by Crippen LogP contribution is -2.26. The molecule has 0 spiro atoms. The van der Waals surface area contributed by atoms with Crippen molar-refractivity contribution < 1.29 is 4.79 Å². The second-order valence-corrected chi connectivity index (χ2v) is 9.87. The molecule has 3 nitrogen and oxygen atoms in total. The number of benzene rings is 2. The van der Waals surface area contributed by atoms with Gasteiger partial charge in [0.1, 0.15) is 5.82 Å². The number of carbonyl (C=O) groups is 1. The molecule has 0 radical (unpaired) electrons. The van der Waals surface area contributed by atoms with Gasteiger partial charge in [-0.05, 0) is 109 Å². The van der Waals surface area contributed by atoms with Crippen molar-refractivity contribution in [3.05, 3.63) is 101 Å². The van der Waals surface area contributed by atoms with E-state index in [1.807, 2.05) is 12.1 Å². The molecule has 5 rings (SSSR count). The van der Waals surface area contributed by atoms with Gasteiger partial charge in [0.2, 0.25) is 0 Å². The Morgan fingerprint density at radius 1 is 0.882 bits per heavy atom. The minimum absolute atomic E-state index is 0.290.